The minimum Gasteiger partial charge on any atom is -0.490 e. The summed E-state index contributed by atoms with van der Waals surface area (Å²) in [6.07, 6.45) is 1.84. The summed E-state index contributed by atoms with van der Waals surface area (Å²) in [5, 5.41) is 3.88. The van der Waals surface area contributed by atoms with Gasteiger partial charge in [0.2, 0.25) is 17.7 Å². The van der Waals surface area contributed by atoms with Gasteiger partial charge in [-0.05, 0) is 29.8 Å². The first-order chi connectivity index (χ1) is 17.9. The highest BCUT2D eigenvalue weighted by molar-refractivity contribution is 5.78. The largest absolute Gasteiger partial charge is 0.490 e. The number of hydrogen-bond acceptors (Lipinski definition) is 6. The monoisotopic (exact) mass is 508 g/mol. The van der Waals surface area contributed by atoms with E-state index in [1.807, 2.05) is 37.3 Å². The van der Waals surface area contributed by atoms with E-state index in [2.05, 4.69) is 10.1 Å². The molecule has 0 radical (unpaired) electrons. The normalized spacial score (nSPS) is 17.4. The molecule has 8 nitrogen and oxygen atoms in total. The molecule has 0 spiro atoms. The van der Waals surface area contributed by atoms with Crippen molar-refractivity contribution in [2.45, 2.75) is 51.7 Å². The first-order valence-electron chi connectivity index (χ1n) is 12.7. The minimum atomic E-state index is -0.339. The van der Waals surface area contributed by atoms with Crippen molar-refractivity contribution in [1.29, 1.82) is 0 Å². The zero-order valence-corrected chi connectivity index (χ0v) is 21.3. The van der Waals surface area contributed by atoms with Gasteiger partial charge in [-0.2, -0.15) is 4.98 Å². The molecule has 4 rings (SSSR count). The van der Waals surface area contributed by atoms with Crippen LogP contribution in [0.2, 0.25) is 0 Å². The summed E-state index contributed by atoms with van der Waals surface area (Å²) >= 11 is 0. The highest BCUT2D eigenvalue weighted by Gasteiger charge is 2.35. The van der Waals surface area contributed by atoms with Gasteiger partial charge in [0.15, 0.2) is 5.82 Å². The van der Waals surface area contributed by atoms with Gasteiger partial charge in [0.25, 0.3) is 0 Å². The van der Waals surface area contributed by atoms with Gasteiger partial charge in [-0.15, -0.1) is 0 Å². The SMILES string of the molecule is CCc1noc(CCC(=O)N2CC[C@H](Oc3ccc(F)cc3)[C@@H](CC(=O)N(C)Cc3ccccc3)C2)n1. The Hall–Kier alpha value is -3.75. The maximum Gasteiger partial charge on any atom is 0.227 e. The van der Waals surface area contributed by atoms with Gasteiger partial charge in [-0.1, -0.05) is 42.4 Å². The lowest BCUT2D eigenvalue weighted by molar-refractivity contribution is -0.139. The van der Waals surface area contributed by atoms with Crippen molar-refractivity contribution in [2.75, 3.05) is 20.1 Å². The molecule has 0 aliphatic carbocycles. The number of likely N-dealkylation sites (tertiary alicyclic amines) is 1. The van der Waals surface area contributed by atoms with Crippen LogP contribution in [-0.4, -0.2) is 58.0 Å². The van der Waals surface area contributed by atoms with E-state index in [4.69, 9.17) is 9.26 Å². The summed E-state index contributed by atoms with van der Waals surface area (Å²) in [7, 11) is 1.78. The van der Waals surface area contributed by atoms with Gasteiger partial charge in [-0.25, -0.2) is 4.39 Å². The van der Waals surface area contributed by atoms with Crippen LogP contribution in [0.15, 0.2) is 59.1 Å². The van der Waals surface area contributed by atoms with Crippen molar-refractivity contribution in [3.63, 3.8) is 0 Å². The molecule has 3 aromatic rings. The van der Waals surface area contributed by atoms with Crippen LogP contribution >= 0.6 is 0 Å². The zero-order valence-electron chi connectivity index (χ0n) is 21.3. The van der Waals surface area contributed by atoms with E-state index in [-0.39, 0.29) is 42.5 Å². The van der Waals surface area contributed by atoms with Crippen LogP contribution in [0.4, 0.5) is 4.39 Å². The number of nitrogens with zero attached hydrogens (tertiary/aromatic N) is 4. The predicted molar refractivity (Wildman–Crippen MR) is 135 cm³/mol. The summed E-state index contributed by atoms with van der Waals surface area (Å²) < 4.78 is 24.8. The molecule has 2 atom stereocenters. The van der Waals surface area contributed by atoms with Gasteiger partial charge >= 0.3 is 0 Å². The summed E-state index contributed by atoms with van der Waals surface area (Å²) in [4.78, 5) is 33.9. The molecular weight excluding hydrogens is 475 g/mol. The van der Waals surface area contributed by atoms with Crippen molar-refractivity contribution in [3.05, 3.63) is 77.7 Å². The van der Waals surface area contributed by atoms with Gasteiger partial charge in [0.05, 0.1) is 0 Å². The molecule has 2 heterocycles. The standard InChI is InChI=1S/C28H33FN4O4/c1-3-25-30-26(37-31-25)13-14-27(34)33-16-15-24(36-23-11-9-22(29)10-12-23)21(19-33)17-28(35)32(2)18-20-7-5-4-6-8-20/h4-12,21,24H,3,13-19H2,1-2H3/t21-,24-/m0/s1. The Kier molecular flexibility index (Phi) is 8.87. The number of ether oxygens (including phenoxy) is 1. The topological polar surface area (TPSA) is 88.8 Å². The average molecular weight is 509 g/mol. The molecule has 2 aromatic carbocycles. The summed E-state index contributed by atoms with van der Waals surface area (Å²) in [5.74, 6) is 1.04. The van der Waals surface area contributed by atoms with Gasteiger partial charge in [-0.3, -0.25) is 9.59 Å². The van der Waals surface area contributed by atoms with Crippen LogP contribution in [-0.2, 0) is 29.0 Å². The number of carbonyl (C=O) groups is 2. The molecule has 37 heavy (non-hydrogen) atoms. The molecule has 1 aliphatic heterocycles. The van der Waals surface area contributed by atoms with E-state index in [1.165, 1.54) is 12.1 Å². The third-order valence-corrected chi connectivity index (χ3v) is 6.62. The number of carbonyl (C=O) groups excluding carboxylic acids is 2. The van der Waals surface area contributed by atoms with Crippen LogP contribution in [0.25, 0.3) is 0 Å². The van der Waals surface area contributed by atoms with E-state index in [0.29, 0.717) is 56.4 Å². The summed E-state index contributed by atoms with van der Waals surface area (Å²) in [5.41, 5.74) is 1.05. The lowest BCUT2D eigenvalue weighted by atomic mass is 9.90. The smallest absolute Gasteiger partial charge is 0.227 e. The molecule has 2 amide bonds. The second-order valence-corrected chi connectivity index (χ2v) is 9.40. The number of halogens is 1. The number of benzene rings is 2. The van der Waals surface area contributed by atoms with Crippen molar-refractivity contribution >= 4 is 11.8 Å². The first kappa shape index (κ1) is 26.3. The number of piperidine rings is 1. The third kappa shape index (κ3) is 7.38. The first-order valence-corrected chi connectivity index (χ1v) is 12.7. The van der Waals surface area contributed by atoms with E-state index < -0.39 is 0 Å². The molecule has 0 unspecified atom stereocenters. The maximum absolute atomic E-state index is 13.4. The van der Waals surface area contributed by atoms with Crippen LogP contribution in [0.1, 0.15) is 43.5 Å². The van der Waals surface area contributed by atoms with Crippen molar-refractivity contribution in [2.24, 2.45) is 5.92 Å². The Morgan fingerprint density at radius 2 is 1.92 bits per heavy atom. The quantitative estimate of drug-likeness (QED) is 0.411. The van der Waals surface area contributed by atoms with Crippen molar-refractivity contribution < 1.29 is 23.2 Å². The molecule has 1 aromatic heterocycles. The van der Waals surface area contributed by atoms with E-state index >= 15 is 0 Å². The van der Waals surface area contributed by atoms with Crippen LogP contribution in [0.3, 0.4) is 0 Å². The molecular formula is C28H33FN4O4. The van der Waals surface area contributed by atoms with E-state index in [9.17, 15) is 14.0 Å². The second kappa shape index (κ2) is 12.5. The fourth-order valence-electron chi connectivity index (χ4n) is 4.51. The second-order valence-electron chi connectivity index (χ2n) is 9.40. The number of amides is 2. The Labute approximate surface area is 216 Å². The lowest BCUT2D eigenvalue weighted by Crippen LogP contribution is -2.49. The molecule has 0 bridgehead atoms. The maximum atomic E-state index is 13.4. The van der Waals surface area contributed by atoms with Gasteiger partial charge < -0.3 is 19.1 Å². The third-order valence-electron chi connectivity index (χ3n) is 6.62. The molecule has 1 aliphatic rings. The Morgan fingerprint density at radius 1 is 1.16 bits per heavy atom. The van der Waals surface area contributed by atoms with Crippen molar-refractivity contribution in [1.82, 2.24) is 19.9 Å². The van der Waals surface area contributed by atoms with E-state index in [1.54, 1.807) is 29.0 Å². The minimum absolute atomic E-state index is 0.0196. The molecule has 9 heteroatoms. The van der Waals surface area contributed by atoms with Crippen molar-refractivity contribution in [3.8, 4) is 5.75 Å². The molecule has 196 valence electrons. The highest BCUT2D eigenvalue weighted by atomic mass is 19.1. The summed E-state index contributed by atoms with van der Waals surface area (Å²) in [6, 6.07) is 15.7. The average Bonchev–Trinajstić information content (AvgIpc) is 3.38. The predicted octanol–water partition coefficient (Wildman–Crippen LogP) is 4.05. The number of rotatable bonds is 10. The lowest BCUT2D eigenvalue weighted by Gasteiger charge is -2.39. The van der Waals surface area contributed by atoms with Gasteiger partial charge in [0, 0.05) is 64.7 Å². The fraction of sp³-hybridized carbons (Fsp3) is 0.429. The highest BCUT2D eigenvalue weighted by Crippen LogP contribution is 2.27. The molecule has 0 N–H and O–H groups in total. The van der Waals surface area contributed by atoms with Crippen LogP contribution < -0.4 is 4.74 Å². The Morgan fingerprint density at radius 3 is 2.62 bits per heavy atom. The molecule has 0 saturated carbocycles. The summed E-state index contributed by atoms with van der Waals surface area (Å²) in [6.45, 7) is 3.36. The zero-order chi connectivity index (χ0) is 26.2. The number of aromatic nitrogens is 2. The molecule has 1 fully saturated rings. The van der Waals surface area contributed by atoms with Crippen LogP contribution in [0, 0.1) is 11.7 Å². The number of aryl methyl sites for hydroxylation is 2. The fourth-order valence-corrected chi connectivity index (χ4v) is 4.51. The van der Waals surface area contributed by atoms with Crippen LogP contribution in [0.5, 0.6) is 5.75 Å². The Bertz CT molecular complexity index is 1170. The number of hydrogen-bond donors (Lipinski definition) is 0. The Balaban J connectivity index is 1.40. The van der Waals surface area contributed by atoms with Gasteiger partial charge in [0.1, 0.15) is 17.7 Å². The van der Waals surface area contributed by atoms with E-state index in [0.717, 1.165) is 5.56 Å². The molecule has 1 saturated heterocycles.